The fourth-order valence-electron chi connectivity index (χ4n) is 4.93. The highest BCUT2D eigenvalue weighted by molar-refractivity contribution is 7.80. The Kier molecular flexibility index (Phi) is 7.32. The van der Waals surface area contributed by atoms with Crippen LogP contribution in [0.4, 0.5) is 5.69 Å². The molecule has 5 rings (SSSR count). The predicted octanol–water partition coefficient (Wildman–Crippen LogP) is 5.74. The van der Waals surface area contributed by atoms with Gasteiger partial charge in [-0.1, -0.05) is 48.9 Å². The van der Waals surface area contributed by atoms with Gasteiger partial charge >= 0.3 is 0 Å². The molecule has 2 aromatic heterocycles. The molecule has 6 nitrogen and oxygen atoms in total. The SMILES string of the molecule is CCc1ccccc1NC(=O)CCN1C(=S)N[C@H](c2ccccn2)[C@H]1c1cccn1-c1ccc(C)cc1. The van der Waals surface area contributed by atoms with Crippen LogP contribution in [0.3, 0.4) is 0 Å². The van der Waals surface area contributed by atoms with Gasteiger partial charge in [0.25, 0.3) is 0 Å². The fraction of sp³-hybridized carbons (Fsp3) is 0.233. The number of thiocarbonyl (C=S) groups is 1. The van der Waals surface area contributed by atoms with Crippen LogP contribution in [-0.4, -0.2) is 32.0 Å². The van der Waals surface area contributed by atoms with E-state index < -0.39 is 0 Å². The first-order valence-electron chi connectivity index (χ1n) is 12.6. The van der Waals surface area contributed by atoms with E-state index in [4.69, 9.17) is 12.2 Å². The highest BCUT2D eigenvalue weighted by Gasteiger charge is 2.41. The van der Waals surface area contributed by atoms with Crippen LogP contribution in [0.2, 0.25) is 0 Å². The van der Waals surface area contributed by atoms with Gasteiger partial charge in [0.15, 0.2) is 5.11 Å². The van der Waals surface area contributed by atoms with Crippen molar-refractivity contribution in [2.24, 2.45) is 0 Å². The lowest BCUT2D eigenvalue weighted by atomic mass is 10.0. The molecule has 37 heavy (non-hydrogen) atoms. The van der Waals surface area contributed by atoms with Crippen LogP contribution in [-0.2, 0) is 11.2 Å². The van der Waals surface area contributed by atoms with Crippen molar-refractivity contribution < 1.29 is 4.79 Å². The number of carbonyl (C=O) groups is 1. The Morgan fingerprint density at radius 3 is 2.57 bits per heavy atom. The van der Waals surface area contributed by atoms with Crippen molar-refractivity contribution in [3.63, 3.8) is 0 Å². The summed E-state index contributed by atoms with van der Waals surface area (Å²) >= 11 is 5.81. The number of hydrogen-bond acceptors (Lipinski definition) is 3. The van der Waals surface area contributed by atoms with Gasteiger partial charge in [0.2, 0.25) is 5.91 Å². The molecule has 2 atom stereocenters. The lowest BCUT2D eigenvalue weighted by Crippen LogP contribution is -2.33. The van der Waals surface area contributed by atoms with E-state index in [0.717, 1.165) is 34.7 Å². The highest BCUT2D eigenvalue weighted by Crippen LogP contribution is 2.39. The molecule has 1 aliphatic rings. The van der Waals surface area contributed by atoms with Crippen LogP contribution in [0, 0.1) is 6.92 Å². The molecule has 0 unspecified atom stereocenters. The van der Waals surface area contributed by atoms with Crippen LogP contribution >= 0.6 is 12.2 Å². The maximum absolute atomic E-state index is 13.0. The smallest absolute Gasteiger partial charge is 0.226 e. The van der Waals surface area contributed by atoms with Gasteiger partial charge < -0.3 is 20.1 Å². The van der Waals surface area contributed by atoms with Crippen LogP contribution in [0.25, 0.3) is 5.69 Å². The molecule has 1 fully saturated rings. The summed E-state index contributed by atoms with van der Waals surface area (Å²) in [6.07, 6.45) is 5.05. The van der Waals surface area contributed by atoms with E-state index in [0.29, 0.717) is 18.1 Å². The summed E-state index contributed by atoms with van der Waals surface area (Å²) in [6, 6.07) is 26.2. The second kappa shape index (κ2) is 11.0. The highest BCUT2D eigenvalue weighted by atomic mass is 32.1. The second-order valence-electron chi connectivity index (χ2n) is 9.27. The average molecular weight is 510 g/mol. The molecule has 1 saturated heterocycles. The molecule has 1 aliphatic heterocycles. The van der Waals surface area contributed by atoms with E-state index in [2.05, 4.69) is 81.5 Å². The third kappa shape index (κ3) is 5.27. The summed E-state index contributed by atoms with van der Waals surface area (Å²) in [7, 11) is 0. The molecule has 7 heteroatoms. The number of rotatable bonds is 8. The van der Waals surface area contributed by atoms with Crippen molar-refractivity contribution in [1.29, 1.82) is 0 Å². The van der Waals surface area contributed by atoms with Gasteiger partial charge in [0.05, 0.1) is 17.8 Å². The zero-order chi connectivity index (χ0) is 25.8. The first-order chi connectivity index (χ1) is 18.0. The number of aryl methyl sites for hydroxylation is 2. The molecule has 3 heterocycles. The first kappa shape index (κ1) is 24.7. The van der Waals surface area contributed by atoms with Crippen LogP contribution < -0.4 is 10.6 Å². The summed E-state index contributed by atoms with van der Waals surface area (Å²) < 4.78 is 2.19. The minimum absolute atomic E-state index is 0.0300. The van der Waals surface area contributed by atoms with E-state index in [9.17, 15) is 4.79 Å². The van der Waals surface area contributed by atoms with Crippen molar-refractivity contribution in [3.8, 4) is 5.69 Å². The number of amides is 1. The molecule has 2 aromatic carbocycles. The molecule has 0 bridgehead atoms. The Bertz CT molecular complexity index is 1380. The Hall–Kier alpha value is -3.97. The summed E-state index contributed by atoms with van der Waals surface area (Å²) in [5, 5.41) is 7.20. The molecule has 188 valence electrons. The number of anilines is 1. The maximum Gasteiger partial charge on any atom is 0.226 e. The van der Waals surface area contributed by atoms with Crippen LogP contribution in [0.5, 0.6) is 0 Å². The molecule has 0 radical (unpaired) electrons. The monoisotopic (exact) mass is 509 g/mol. The van der Waals surface area contributed by atoms with Crippen LogP contribution in [0.1, 0.15) is 47.9 Å². The summed E-state index contributed by atoms with van der Waals surface area (Å²) in [4.78, 5) is 19.8. The van der Waals surface area contributed by atoms with Gasteiger partial charge in [0.1, 0.15) is 0 Å². The number of aromatic nitrogens is 2. The molecular formula is C30H31N5OS. The van der Waals surface area contributed by atoms with Crippen molar-refractivity contribution in [1.82, 2.24) is 19.8 Å². The van der Waals surface area contributed by atoms with Crippen LogP contribution in [0.15, 0.2) is 91.3 Å². The van der Waals surface area contributed by atoms with Gasteiger partial charge in [0, 0.05) is 42.4 Å². The third-order valence-electron chi connectivity index (χ3n) is 6.85. The number of nitrogens with one attached hydrogen (secondary N) is 2. The van der Waals surface area contributed by atoms with Crippen molar-refractivity contribution in [2.45, 2.75) is 38.8 Å². The molecule has 0 saturated carbocycles. The van der Waals surface area contributed by atoms with E-state index in [1.165, 1.54) is 5.56 Å². The van der Waals surface area contributed by atoms with Gasteiger partial charge in [-0.05, 0) is 73.6 Å². The van der Waals surface area contributed by atoms with E-state index in [1.807, 2.05) is 42.5 Å². The Balaban J connectivity index is 1.43. The minimum atomic E-state index is -0.142. The summed E-state index contributed by atoms with van der Waals surface area (Å²) in [5.74, 6) is -0.0300. The van der Waals surface area contributed by atoms with Gasteiger partial charge in [-0.3, -0.25) is 9.78 Å². The van der Waals surface area contributed by atoms with Gasteiger partial charge in [-0.15, -0.1) is 0 Å². The normalized spacial score (nSPS) is 17.0. The van der Waals surface area contributed by atoms with Crippen molar-refractivity contribution >= 4 is 28.9 Å². The average Bonchev–Trinajstić information content (AvgIpc) is 3.53. The van der Waals surface area contributed by atoms with E-state index >= 15 is 0 Å². The number of nitrogens with zero attached hydrogens (tertiary/aromatic N) is 3. The summed E-state index contributed by atoms with van der Waals surface area (Å²) in [6.45, 7) is 4.66. The molecule has 1 amide bonds. The van der Waals surface area contributed by atoms with E-state index in [-0.39, 0.29) is 18.0 Å². The lowest BCUT2D eigenvalue weighted by Gasteiger charge is -2.29. The third-order valence-corrected chi connectivity index (χ3v) is 7.20. The molecule has 2 N–H and O–H groups in total. The second-order valence-corrected chi connectivity index (χ2v) is 9.65. The Morgan fingerprint density at radius 1 is 1.03 bits per heavy atom. The molecule has 0 aliphatic carbocycles. The topological polar surface area (TPSA) is 62.2 Å². The zero-order valence-electron chi connectivity index (χ0n) is 21.1. The quantitative estimate of drug-likeness (QED) is 0.297. The Labute approximate surface area is 223 Å². The van der Waals surface area contributed by atoms with E-state index in [1.54, 1.807) is 6.20 Å². The van der Waals surface area contributed by atoms with Gasteiger partial charge in [-0.25, -0.2) is 0 Å². The molecule has 0 spiro atoms. The minimum Gasteiger partial charge on any atom is -0.352 e. The Morgan fingerprint density at radius 2 is 1.81 bits per heavy atom. The predicted molar refractivity (Wildman–Crippen MR) is 152 cm³/mol. The number of hydrogen-bond donors (Lipinski definition) is 2. The van der Waals surface area contributed by atoms with Crippen molar-refractivity contribution in [2.75, 3.05) is 11.9 Å². The number of pyridine rings is 1. The number of para-hydroxylation sites is 1. The summed E-state index contributed by atoms with van der Waals surface area (Å²) in [5.41, 5.74) is 6.28. The number of benzene rings is 2. The zero-order valence-corrected chi connectivity index (χ0v) is 21.9. The maximum atomic E-state index is 13.0. The molecular weight excluding hydrogens is 478 g/mol. The van der Waals surface area contributed by atoms with Crippen molar-refractivity contribution in [3.05, 3.63) is 114 Å². The number of carbonyl (C=O) groups excluding carboxylic acids is 1. The largest absolute Gasteiger partial charge is 0.352 e. The molecule has 4 aromatic rings. The fourth-order valence-corrected chi connectivity index (χ4v) is 5.26. The standard InChI is InChI=1S/C30H31N5OS/c1-3-22-9-4-5-10-24(22)32-27(36)17-20-35-29(28(33-30(35)37)25-11-6-7-18-31-25)26-12-8-19-34(26)23-15-13-21(2)14-16-23/h4-16,18-19,28-29H,3,17,20H2,1-2H3,(H,32,36)(H,33,37)/t28-,29-/m1/s1. The first-order valence-corrected chi connectivity index (χ1v) is 13.1. The lowest BCUT2D eigenvalue weighted by molar-refractivity contribution is -0.116. The van der Waals surface area contributed by atoms with Gasteiger partial charge in [-0.2, -0.15) is 0 Å².